The van der Waals surface area contributed by atoms with Gasteiger partial charge in [-0.15, -0.1) is 0 Å². The first kappa shape index (κ1) is 18.2. The maximum atomic E-state index is 2.69. The lowest BCUT2D eigenvalue weighted by Gasteiger charge is -2.39. The Kier molecular flexibility index (Phi) is 7.45. The van der Waals surface area contributed by atoms with Crippen molar-refractivity contribution >= 4 is 0 Å². The number of hydrogen-bond donors (Lipinski definition) is 0. The third-order valence-electron chi connectivity index (χ3n) is 4.84. The highest BCUT2D eigenvalue weighted by Gasteiger charge is 2.28. The van der Waals surface area contributed by atoms with E-state index in [2.05, 4.69) is 76.8 Å². The molecule has 0 bridgehead atoms. The summed E-state index contributed by atoms with van der Waals surface area (Å²) < 4.78 is 0. The average Bonchev–Trinajstić information content (AvgIpc) is 2.43. The van der Waals surface area contributed by atoms with Crippen molar-refractivity contribution < 1.29 is 0 Å². The fourth-order valence-electron chi connectivity index (χ4n) is 3.34. The van der Waals surface area contributed by atoms with E-state index in [1.807, 2.05) is 0 Å². The third kappa shape index (κ3) is 5.82. The molecule has 0 aromatic rings. The van der Waals surface area contributed by atoms with Crippen LogP contribution in [0.2, 0.25) is 0 Å². The van der Waals surface area contributed by atoms with Crippen LogP contribution >= 0.6 is 0 Å². The summed E-state index contributed by atoms with van der Waals surface area (Å²) in [6.45, 7) is 16.3. The van der Waals surface area contributed by atoms with Crippen molar-refractivity contribution in [1.82, 2.24) is 4.90 Å². The Morgan fingerprint density at radius 1 is 1.19 bits per heavy atom. The first-order valence-electron chi connectivity index (χ1n) is 8.61. The van der Waals surface area contributed by atoms with Gasteiger partial charge in [0.05, 0.1) is 0 Å². The van der Waals surface area contributed by atoms with Crippen LogP contribution in [0, 0.1) is 11.3 Å². The first-order valence-corrected chi connectivity index (χ1v) is 8.61. The van der Waals surface area contributed by atoms with E-state index in [9.17, 15) is 0 Å². The van der Waals surface area contributed by atoms with Gasteiger partial charge >= 0.3 is 0 Å². The fraction of sp³-hybridized carbons (Fsp3) is 0.700. The molecule has 1 nitrogen and oxygen atoms in total. The second kappa shape index (κ2) is 8.58. The Morgan fingerprint density at radius 3 is 2.33 bits per heavy atom. The van der Waals surface area contributed by atoms with Crippen LogP contribution in [-0.4, -0.2) is 24.0 Å². The molecule has 1 unspecified atom stereocenters. The largest absolute Gasteiger partial charge is 0.301 e. The molecule has 1 saturated heterocycles. The number of hydrogen-bond acceptors (Lipinski definition) is 1. The zero-order valence-corrected chi connectivity index (χ0v) is 15.0. The molecule has 120 valence electrons. The lowest BCUT2D eigenvalue weighted by atomic mass is 9.77. The molecule has 1 aliphatic heterocycles. The number of rotatable bonds is 6. The summed E-state index contributed by atoms with van der Waals surface area (Å²) in [6, 6.07) is 0.659. The molecule has 0 aromatic heterocycles. The molecule has 0 N–H and O–H groups in total. The minimum Gasteiger partial charge on any atom is -0.301 e. The quantitative estimate of drug-likeness (QED) is 0.575. The fourth-order valence-corrected chi connectivity index (χ4v) is 3.34. The monoisotopic (exact) mass is 289 g/mol. The second-order valence-corrected chi connectivity index (χ2v) is 7.30. The van der Waals surface area contributed by atoms with Crippen molar-refractivity contribution in [3.8, 4) is 0 Å². The van der Waals surface area contributed by atoms with E-state index < -0.39 is 0 Å². The number of nitrogens with zero attached hydrogens (tertiary/aromatic N) is 1. The summed E-state index contributed by atoms with van der Waals surface area (Å²) in [7, 11) is 0. The summed E-state index contributed by atoms with van der Waals surface area (Å²) in [4.78, 5) is 2.69. The molecule has 0 radical (unpaired) electrons. The van der Waals surface area contributed by atoms with E-state index in [4.69, 9.17) is 0 Å². The van der Waals surface area contributed by atoms with Crippen LogP contribution in [0.4, 0.5) is 0 Å². The molecular formula is C20H35N. The van der Waals surface area contributed by atoms with Crippen LogP contribution in [0.3, 0.4) is 0 Å². The van der Waals surface area contributed by atoms with Crippen molar-refractivity contribution in [2.24, 2.45) is 11.3 Å². The molecule has 0 aromatic carbocycles. The van der Waals surface area contributed by atoms with Crippen LogP contribution in [0.5, 0.6) is 0 Å². The van der Waals surface area contributed by atoms with E-state index in [1.165, 1.54) is 37.9 Å². The van der Waals surface area contributed by atoms with Gasteiger partial charge in [0.15, 0.2) is 0 Å². The van der Waals surface area contributed by atoms with E-state index in [1.54, 1.807) is 0 Å². The van der Waals surface area contributed by atoms with Crippen molar-refractivity contribution in [2.75, 3.05) is 13.1 Å². The first-order chi connectivity index (χ1) is 9.90. The summed E-state index contributed by atoms with van der Waals surface area (Å²) >= 11 is 0. The van der Waals surface area contributed by atoms with Crippen LogP contribution in [0.25, 0.3) is 0 Å². The van der Waals surface area contributed by atoms with Gasteiger partial charge in [0.25, 0.3) is 0 Å². The van der Waals surface area contributed by atoms with Crippen LogP contribution in [0.15, 0.2) is 36.0 Å². The predicted molar refractivity (Wildman–Crippen MR) is 95.5 cm³/mol. The summed E-state index contributed by atoms with van der Waals surface area (Å²) in [6.07, 6.45) is 14.9. The van der Waals surface area contributed by atoms with Gasteiger partial charge < -0.3 is 4.90 Å². The van der Waals surface area contributed by atoms with Gasteiger partial charge in [0.2, 0.25) is 0 Å². The summed E-state index contributed by atoms with van der Waals surface area (Å²) in [5, 5.41) is 0. The molecule has 1 atom stereocenters. The molecule has 1 aliphatic rings. The molecule has 1 heterocycles. The Bertz CT molecular complexity index is 379. The minimum absolute atomic E-state index is 0.217. The Labute approximate surface area is 132 Å². The highest BCUT2D eigenvalue weighted by molar-refractivity contribution is 5.29. The zero-order valence-electron chi connectivity index (χ0n) is 15.0. The van der Waals surface area contributed by atoms with Crippen LogP contribution < -0.4 is 0 Å². The van der Waals surface area contributed by atoms with E-state index >= 15 is 0 Å². The Balaban J connectivity index is 2.72. The van der Waals surface area contributed by atoms with Gasteiger partial charge in [0, 0.05) is 6.04 Å². The number of likely N-dealkylation sites (tertiary alicyclic amines) is 1. The molecule has 0 amide bonds. The predicted octanol–water partition coefficient (Wildman–Crippen LogP) is 5.60. The van der Waals surface area contributed by atoms with E-state index in [0.717, 1.165) is 5.92 Å². The van der Waals surface area contributed by atoms with Gasteiger partial charge in [-0.2, -0.15) is 0 Å². The number of piperidine rings is 1. The molecule has 1 fully saturated rings. The zero-order chi connectivity index (χ0) is 15.9. The summed E-state index contributed by atoms with van der Waals surface area (Å²) in [5.74, 6) is 0.912. The molecule has 0 aliphatic carbocycles. The standard InChI is InChI=1S/C20H35N/c1-7-9-11-19(10-8-2)20(5,6)16-18(4)21-14-12-17(3)13-15-21/h7-11,17-18H,12-16H2,1-6H3/b9-7-,10-8-,19-11+. The van der Waals surface area contributed by atoms with Gasteiger partial charge in [-0.25, -0.2) is 0 Å². The summed E-state index contributed by atoms with van der Waals surface area (Å²) in [5.41, 5.74) is 1.65. The Morgan fingerprint density at radius 2 is 1.81 bits per heavy atom. The smallest absolute Gasteiger partial charge is 0.00752 e. The van der Waals surface area contributed by atoms with Gasteiger partial charge in [-0.3, -0.25) is 0 Å². The minimum atomic E-state index is 0.217. The van der Waals surface area contributed by atoms with Crippen molar-refractivity contribution in [3.63, 3.8) is 0 Å². The molecule has 0 saturated carbocycles. The molecule has 1 heteroatoms. The molecule has 21 heavy (non-hydrogen) atoms. The molecule has 0 spiro atoms. The topological polar surface area (TPSA) is 3.24 Å². The van der Waals surface area contributed by atoms with Crippen LogP contribution in [-0.2, 0) is 0 Å². The highest BCUT2D eigenvalue weighted by atomic mass is 15.2. The van der Waals surface area contributed by atoms with Crippen LogP contribution in [0.1, 0.15) is 60.8 Å². The second-order valence-electron chi connectivity index (χ2n) is 7.30. The van der Waals surface area contributed by atoms with Gasteiger partial charge in [0.1, 0.15) is 0 Å². The lowest BCUT2D eigenvalue weighted by molar-refractivity contribution is 0.121. The maximum absolute atomic E-state index is 2.69. The van der Waals surface area contributed by atoms with Crippen molar-refractivity contribution in [1.29, 1.82) is 0 Å². The van der Waals surface area contributed by atoms with Crippen molar-refractivity contribution in [3.05, 3.63) is 36.0 Å². The normalized spacial score (nSPS) is 21.5. The third-order valence-corrected chi connectivity index (χ3v) is 4.84. The average molecular weight is 290 g/mol. The maximum Gasteiger partial charge on any atom is 0.00752 e. The Hall–Kier alpha value is -0.820. The van der Waals surface area contributed by atoms with Gasteiger partial charge in [-0.1, -0.05) is 51.2 Å². The molecule has 1 rings (SSSR count). The lowest BCUT2D eigenvalue weighted by Crippen LogP contribution is -2.41. The SMILES string of the molecule is C\C=C/C=C(\C=C/C)C(C)(C)CC(C)N1CCC(C)CC1. The van der Waals surface area contributed by atoms with Gasteiger partial charge in [-0.05, 0) is 70.0 Å². The number of allylic oxidation sites excluding steroid dienone is 6. The highest BCUT2D eigenvalue weighted by Crippen LogP contribution is 2.34. The van der Waals surface area contributed by atoms with E-state index in [0.29, 0.717) is 6.04 Å². The van der Waals surface area contributed by atoms with E-state index in [-0.39, 0.29) is 5.41 Å². The van der Waals surface area contributed by atoms with Crippen molar-refractivity contribution in [2.45, 2.75) is 66.8 Å². The molecular weight excluding hydrogens is 254 g/mol.